The van der Waals surface area contributed by atoms with E-state index in [-0.39, 0.29) is 11.2 Å². The molecule has 1 nitrogen and oxygen atoms in total. The van der Waals surface area contributed by atoms with Crippen molar-refractivity contribution in [2.24, 2.45) is 0 Å². The first-order valence-corrected chi connectivity index (χ1v) is 5.14. The molecule has 0 aromatic heterocycles. The third-order valence-electron chi connectivity index (χ3n) is 2.92. The van der Waals surface area contributed by atoms with Gasteiger partial charge in [-0.2, -0.15) is 0 Å². The number of aryl methyl sites for hydroxylation is 1. The molecular weight excluding hydrogens is 196 g/mol. The Balaban J connectivity index is 2.80. The van der Waals surface area contributed by atoms with Crippen LogP contribution in [0, 0.1) is 6.92 Å². The van der Waals surface area contributed by atoms with E-state index in [0.29, 0.717) is 6.42 Å². The van der Waals surface area contributed by atoms with Crippen LogP contribution in [-0.2, 0) is 5.41 Å². The lowest BCUT2D eigenvalue weighted by Crippen LogP contribution is -2.13. The topological polar surface area (TPSA) is 17.1 Å². The van der Waals surface area contributed by atoms with Gasteiger partial charge in [0.1, 0.15) is 0 Å². The van der Waals surface area contributed by atoms with Gasteiger partial charge in [-0.05, 0) is 29.5 Å². The molecule has 0 saturated heterocycles. The van der Waals surface area contributed by atoms with Crippen molar-refractivity contribution in [1.82, 2.24) is 0 Å². The molecule has 1 aromatic carbocycles. The molecule has 2 heteroatoms. The fourth-order valence-corrected chi connectivity index (χ4v) is 2.69. The summed E-state index contributed by atoms with van der Waals surface area (Å²) in [6.07, 6.45) is 0.576. The zero-order valence-corrected chi connectivity index (χ0v) is 9.40. The second-order valence-corrected chi connectivity index (χ2v) is 5.01. The van der Waals surface area contributed by atoms with E-state index in [1.165, 1.54) is 0 Å². The molecule has 0 heterocycles. The van der Waals surface area contributed by atoms with Gasteiger partial charge in [0.15, 0.2) is 5.78 Å². The molecule has 1 aliphatic rings. The summed E-state index contributed by atoms with van der Waals surface area (Å²) in [5.74, 6) is 0.227. The summed E-state index contributed by atoms with van der Waals surface area (Å²) < 4.78 is 0. The first-order chi connectivity index (χ1) is 6.43. The van der Waals surface area contributed by atoms with Gasteiger partial charge in [-0.1, -0.05) is 31.5 Å². The molecule has 1 aliphatic carbocycles. The van der Waals surface area contributed by atoms with Crippen LogP contribution in [0.1, 0.15) is 41.8 Å². The van der Waals surface area contributed by atoms with Gasteiger partial charge in [0.2, 0.25) is 0 Å². The molecule has 14 heavy (non-hydrogen) atoms. The fourth-order valence-electron chi connectivity index (χ4n) is 2.28. The molecule has 0 bridgehead atoms. The number of ketones is 1. The lowest BCUT2D eigenvalue weighted by molar-refractivity contribution is 0.0979. The summed E-state index contributed by atoms with van der Waals surface area (Å²) in [6, 6.07) is 3.80. The number of fused-ring (bicyclic) bond motifs is 1. The van der Waals surface area contributed by atoms with Crippen LogP contribution in [0.3, 0.4) is 0 Å². The second kappa shape index (κ2) is 2.83. The quantitative estimate of drug-likeness (QED) is 0.638. The lowest BCUT2D eigenvalue weighted by Gasteiger charge is -2.19. The predicted octanol–water partition coefficient (Wildman–Crippen LogP) is 3.51. The number of hydrogen-bond donors (Lipinski definition) is 0. The van der Waals surface area contributed by atoms with Crippen LogP contribution >= 0.6 is 11.6 Å². The molecule has 2 rings (SSSR count). The minimum atomic E-state index is -0.102. The van der Waals surface area contributed by atoms with E-state index in [9.17, 15) is 4.79 Å². The standard InChI is InChI=1S/C12H13ClO/c1-7-4-5-8(13)11-10(7)9(14)6-12(11,2)3/h4-5H,6H2,1-3H3. The van der Waals surface area contributed by atoms with Crippen LogP contribution in [-0.4, -0.2) is 5.78 Å². The van der Waals surface area contributed by atoms with Crippen molar-refractivity contribution in [3.05, 3.63) is 33.8 Å². The van der Waals surface area contributed by atoms with Crippen molar-refractivity contribution in [3.63, 3.8) is 0 Å². The number of carbonyl (C=O) groups excluding carboxylic acids is 1. The van der Waals surface area contributed by atoms with Crippen molar-refractivity contribution in [2.45, 2.75) is 32.6 Å². The van der Waals surface area contributed by atoms with Gasteiger partial charge in [0, 0.05) is 17.0 Å². The SMILES string of the molecule is Cc1ccc(Cl)c2c1C(=O)CC2(C)C. The Morgan fingerprint density at radius 2 is 2.00 bits per heavy atom. The van der Waals surface area contributed by atoms with Gasteiger partial charge in [-0.3, -0.25) is 4.79 Å². The van der Waals surface area contributed by atoms with E-state index >= 15 is 0 Å². The monoisotopic (exact) mass is 208 g/mol. The smallest absolute Gasteiger partial charge is 0.164 e. The Hall–Kier alpha value is -0.820. The first-order valence-electron chi connectivity index (χ1n) is 4.76. The molecule has 0 N–H and O–H groups in total. The molecule has 0 unspecified atom stereocenters. The normalized spacial score (nSPS) is 18.4. The molecule has 0 radical (unpaired) electrons. The maximum absolute atomic E-state index is 11.8. The number of halogens is 1. The number of benzene rings is 1. The van der Waals surface area contributed by atoms with Crippen LogP contribution in [0.2, 0.25) is 5.02 Å². The third-order valence-corrected chi connectivity index (χ3v) is 3.24. The first kappa shape index (κ1) is 9.72. The molecular formula is C12H13ClO. The van der Waals surface area contributed by atoms with Gasteiger partial charge >= 0.3 is 0 Å². The zero-order chi connectivity index (χ0) is 10.5. The largest absolute Gasteiger partial charge is 0.294 e. The van der Waals surface area contributed by atoms with E-state index in [4.69, 9.17) is 11.6 Å². The van der Waals surface area contributed by atoms with Crippen LogP contribution in [0.25, 0.3) is 0 Å². The Morgan fingerprint density at radius 1 is 1.36 bits per heavy atom. The van der Waals surface area contributed by atoms with Crippen LogP contribution in [0.15, 0.2) is 12.1 Å². The average molecular weight is 209 g/mol. The average Bonchev–Trinajstić information content (AvgIpc) is 2.30. The Morgan fingerprint density at radius 3 is 2.57 bits per heavy atom. The highest BCUT2D eigenvalue weighted by Crippen LogP contribution is 2.43. The van der Waals surface area contributed by atoms with E-state index in [1.54, 1.807) is 0 Å². The van der Waals surface area contributed by atoms with Gasteiger partial charge in [0.25, 0.3) is 0 Å². The van der Waals surface area contributed by atoms with E-state index in [1.807, 2.05) is 19.1 Å². The van der Waals surface area contributed by atoms with Crippen LogP contribution < -0.4 is 0 Å². The summed E-state index contributed by atoms with van der Waals surface area (Å²) in [6.45, 7) is 6.11. The Bertz CT molecular complexity index is 419. The third kappa shape index (κ3) is 1.19. The summed E-state index contributed by atoms with van der Waals surface area (Å²) in [5.41, 5.74) is 2.82. The highest BCUT2D eigenvalue weighted by molar-refractivity contribution is 6.32. The minimum absolute atomic E-state index is 0.102. The number of carbonyl (C=O) groups is 1. The predicted molar refractivity (Wildman–Crippen MR) is 58.2 cm³/mol. The molecule has 0 fully saturated rings. The van der Waals surface area contributed by atoms with E-state index in [0.717, 1.165) is 21.7 Å². The van der Waals surface area contributed by atoms with E-state index < -0.39 is 0 Å². The molecule has 0 spiro atoms. The number of rotatable bonds is 0. The summed E-state index contributed by atoms with van der Waals surface area (Å²) in [4.78, 5) is 11.8. The highest BCUT2D eigenvalue weighted by atomic mass is 35.5. The highest BCUT2D eigenvalue weighted by Gasteiger charge is 2.38. The maximum atomic E-state index is 11.8. The molecule has 0 atom stereocenters. The minimum Gasteiger partial charge on any atom is -0.294 e. The Kier molecular flexibility index (Phi) is 1.97. The molecule has 0 amide bonds. The second-order valence-electron chi connectivity index (χ2n) is 4.60. The lowest BCUT2D eigenvalue weighted by atomic mass is 9.86. The van der Waals surface area contributed by atoms with Crippen molar-refractivity contribution in [2.75, 3.05) is 0 Å². The van der Waals surface area contributed by atoms with Gasteiger partial charge in [-0.25, -0.2) is 0 Å². The maximum Gasteiger partial charge on any atom is 0.164 e. The van der Waals surface area contributed by atoms with E-state index in [2.05, 4.69) is 13.8 Å². The van der Waals surface area contributed by atoms with Crippen molar-refractivity contribution in [3.8, 4) is 0 Å². The van der Waals surface area contributed by atoms with Gasteiger partial charge in [0.05, 0.1) is 0 Å². The molecule has 0 saturated carbocycles. The van der Waals surface area contributed by atoms with Crippen LogP contribution in [0.5, 0.6) is 0 Å². The molecule has 1 aromatic rings. The molecule has 74 valence electrons. The van der Waals surface area contributed by atoms with Crippen molar-refractivity contribution < 1.29 is 4.79 Å². The van der Waals surface area contributed by atoms with Crippen molar-refractivity contribution in [1.29, 1.82) is 0 Å². The zero-order valence-electron chi connectivity index (χ0n) is 8.65. The molecule has 0 aliphatic heterocycles. The Labute approximate surface area is 89.1 Å². The number of hydrogen-bond acceptors (Lipinski definition) is 1. The number of Topliss-reactive ketones (excluding diaryl/α,β-unsaturated/α-hetero) is 1. The van der Waals surface area contributed by atoms with Crippen molar-refractivity contribution >= 4 is 17.4 Å². The van der Waals surface area contributed by atoms with Gasteiger partial charge < -0.3 is 0 Å². The van der Waals surface area contributed by atoms with Gasteiger partial charge in [-0.15, -0.1) is 0 Å². The summed E-state index contributed by atoms with van der Waals surface area (Å²) in [7, 11) is 0. The fraction of sp³-hybridized carbons (Fsp3) is 0.417. The summed E-state index contributed by atoms with van der Waals surface area (Å²) in [5, 5.41) is 0.724. The van der Waals surface area contributed by atoms with Crippen LogP contribution in [0.4, 0.5) is 0 Å². The summed E-state index contributed by atoms with van der Waals surface area (Å²) >= 11 is 6.14.